The van der Waals surface area contributed by atoms with Gasteiger partial charge < -0.3 is 5.73 Å². The first-order chi connectivity index (χ1) is 9.44. The zero-order valence-corrected chi connectivity index (χ0v) is 13.0. The molecule has 0 fully saturated rings. The van der Waals surface area contributed by atoms with Crippen molar-refractivity contribution < 1.29 is 0 Å². The Hall–Kier alpha value is -1.60. The fourth-order valence-electron chi connectivity index (χ4n) is 2.30. The molecule has 1 unspecified atom stereocenters. The number of hydrogen-bond acceptors (Lipinski definition) is 1. The monoisotopic (exact) mass is 267 g/mol. The maximum Gasteiger partial charge on any atom is 0.0266 e. The van der Waals surface area contributed by atoms with Crippen LogP contribution in [0.5, 0.6) is 0 Å². The molecule has 1 nitrogen and oxygen atoms in total. The van der Waals surface area contributed by atoms with Crippen LogP contribution in [0.3, 0.4) is 0 Å². The summed E-state index contributed by atoms with van der Waals surface area (Å²) < 4.78 is 0. The lowest BCUT2D eigenvalue weighted by Crippen LogP contribution is -2.14. The molecular formula is C19H25N. The summed E-state index contributed by atoms with van der Waals surface area (Å²) in [6.45, 7) is 8.83. The van der Waals surface area contributed by atoms with Gasteiger partial charge in [0.05, 0.1) is 0 Å². The van der Waals surface area contributed by atoms with Crippen LogP contribution in [-0.4, -0.2) is 0 Å². The van der Waals surface area contributed by atoms with Crippen LogP contribution in [0.2, 0.25) is 0 Å². The summed E-state index contributed by atoms with van der Waals surface area (Å²) in [5, 5.41) is 0. The Balaban J connectivity index is 2.26. The summed E-state index contributed by atoms with van der Waals surface area (Å²) in [6.07, 6.45) is 1.15. The molecule has 0 aromatic heterocycles. The van der Waals surface area contributed by atoms with Crippen molar-refractivity contribution in [3.8, 4) is 11.1 Å². The van der Waals surface area contributed by atoms with E-state index in [1.807, 2.05) is 6.92 Å². The second-order valence-corrected chi connectivity index (χ2v) is 6.23. The van der Waals surface area contributed by atoms with Gasteiger partial charge in [0.15, 0.2) is 0 Å². The fourth-order valence-corrected chi connectivity index (χ4v) is 2.30. The van der Waals surface area contributed by atoms with Gasteiger partial charge in [0.25, 0.3) is 0 Å². The molecule has 0 spiro atoms. The Morgan fingerprint density at radius 3 is 1.75 bits per heavy atom. The molecule has 2 rings (SSSR count). The minimum Gasteiger partial charge on any atom is -0.324 e. The van der Waals surface area contributed by atoms with Crippen LogP contribution in [0.1, 0.15) is 51.3 Å². The van der Waals surface area contributed by atoms with Crippen molar-refractivity contribution in [1.82, 2.24) is 0 Å². The largest absolute Gasteiger partial charge is 0.324 e. The average Bonchev–Trinajstić information content (AvgIpc) is 2.47. The first-order valence-corrected chi connectivity index (χ1v) is 7.40. The number of rotatable bonds is 4. The Morgan fingerprint density at radius 2 is 1.35 bits per heavy atom. The summed E-state index contributed by atoms with van der Waals surface area (Å²) >= 11 is 0. The van der Waals surface area contributed by atoms with Gasteiger partial charge in [-0.2, -0.15) is 0 Å². The van der Waals surface area contributed by atoms with Crippen LogP contribution in [-0.2, 0) is 5.41 Å². The van der Waals surface area contributed by atoms with Crippen molar-refractivity contribution in [3.63, 3.8) is 0 Å². The van der Waals surface area contributed by atoms with Crippen molar-refractivity contribution >= 4 is 0 Å². The van der Waals surface area contributed by atoms with Crippen LogP contribution in [0.4, 0.5) is 0 Å². The fraction of sp³-hybridized carbons (Fsp3) is 0.368. The molecule has 0 radical (unpaired) electrons. The lowest BCUT2D eigenvalue weighted by atomic mass is 9.82. The van der Waals surface area contributed by atoms with Gasteiger partial charge in [0, 0.05) is 6.04 Å². The molecule has 0 saturated carbocycles. The third kappa shape index (κ3) is 3.10. The molecule has 0 amide bonds. The van der Waals surface area contributed by atoms with E-state index in [2.05, 4.69) is 69.3 Å². The highest BCUT2D eigenvalue weighted by Crippen LogP contribution is 2.29. The molecule has 0 bridgehead atoms. The van der Waals surface area contributed by atoms with E-state index in [1.54, 1.807) is 0 Å². The van der Waals surface area contributed by atoms with Crippen LogP contribution in [0, 0.1) is 0 Å². The van der Waals surface area contributed by atoms with Gasteiger partial charge in [-0.3, -0.25) is 0 Å². The Bertz CT molecular complexity index is 547. The SMILES string of the molecule is CCC(C)(C)c1ccc(-c2ccc(C(C)N)cc2)cc1. The molecule has 0 saturated heterocycles. The molecule has 20 heavy (non-hydrogen) atoms. The maximum atomic E-state index is 5.89. The molecule has 0 heterocycles. The van der Waals surface area contributed by atoms with Crippen molar-refractivity contribution in [2.45, 2.75) is 45.6 Å². The molecule has 2 aromatic rings. The second kappa shape index (κ2) is 5.80. The van der Waals surface area contributed by atoms with E-state index in [-0.39, 0.29) is 11.5 Å². The molecule has 2 N–H and O–H groups in total. The summed E-state index contributed by atoms with van der Waals surface area (Å²) in [6, 6.07) is 17.6. The van der Waals surface area contributed by atoms with Crippen LogP contribution >= 0.6 is 0 Å². The molecule has 106 valence electrons. The van der Waals surface area contributed by atoms with Gasteiger partial charge in [-0.1, -0.05) is 69.3 Å². The van der Waals surface area contributed by atoms with Crippen LogP contribution < -0.4 is 5.73 Å². The summed E-state index contributed by atoms with van der Waals surface area (Å²) in [4.78, 5) is 0. The van der Waals surface area contributed by atoms with Gasteiger partial charge in [-0.05, 0) is 41.0 Å². The lowest BCUT2D eigenvalue weighted by Gasteiger charge is -2.23. The molecule has 0 aliphatic heterocycles. The molecule has 0 aliphatic carbocycles. The third-order valence-corrected chi connectivity index (χ3v) is 4.32. The quantitative estimate of drug-likeness (QED) is 0.823. The van der Waals surface area contributed by atoms with Gasteiger partial charge in [-0.25, -0.2) is 0 Å². The van der Waals surface area contributed by atoms with E-state index < -0.39 is 0 Å². The maximum absolute atomic E-state index is 5.89. The van der Waals surface area contributed by atoms with Crippen molar-refractivity contribution in [2.24, 2.45) is 5.73 Å². The van der Waals surface area contributed by atoms with E-state index in [9.17, 15) is 0 Å². The van der Waals surface area contributed by atoms with Crippen molar-refractivity contribution in [2.75, 3.05) is 0 Å². The molecular weight excluding hydrogens is 242 g/mol. The number of benzene rings is 2. The summed E-state index contributed by atoms with van der Waals surface area (Å²) in [7, 11) is 0. The molecule has 1 atom stereocenters. The van der Waals surface area contributed by atoms with E-state index in [0.717, 1.165) is 6.42 Å². The average molecular weight is 267 g/mol. The summed E-state index contributed by atoms with van der Waals surface area (Å²) in [5.74, 6) is 0. The van der Waals surface area contributed by atoms with E-state index >= 15 is 0 Å². The van der Waals surface area contributed by atoms with Gasteiger partial charge in [-0.15, -0.1) is 0 Å². The minimum absolute atomic E-state index is 0.0942. The highest BCUT2D eigenvalue weighted by atomic mass is 14.6. The van der Waals surface area contributed by atoms with Gasteiger partial charge in [0.2, 0.25) is 0 Å². The topological polar surface area (TPSA) is 26.0 Å². The zero-order valence-electron chi connectivity index (χ0n) is 13.0. The highest BCUT2D eigenvalue weighted by molar-refractivity contribution is 5.64. The Labute approximate surface area is 122 Å². The van der Waals surface area contributed by atoms with Crippen LogP contribution in [0.15, 0.2) is 48.5 Å². The predicted octanol–water partition coefficient (Wildman–Crippen LogP) is 5.06. The third-order valence-electron chi connectivity index (χ3n) is 4.32. The smallest absolute Gasteiger partial charge is 0.0266 e. The van der Waals surface area contributed by atoms with E-state index in [4.69, 9.17) is 5.73 Å². The predicted molar refractivity (Wildman–Crippen MR) is 87.8 cm³/mol. The first kappa shape index (κ1) is 14.8. The van der Waals surface area contributed by atoms with Gasteiger partial charge in [0.1, 0.15) is 0 Å². The number of hydrogen-bond donors (Lipinski definition) is 1. The highest BCUT2D eigenvalue weighted by Gasteiger charge is 2.17. The van der Waals surface area contributed by atoms with Gasteiger partial charge >= 0.3 is 0 Å². The normalized spacial score (nSPS) is 13.2. The van der Waals surface area contributed by atoms with Crippen molar-refractivity contribution in [3.05, 3.63) is 59.7 Å². The van der Waals surface area contributed by atoms with E-state index in [0.29, 0.717) is 0 Å². The molecule has 2 aromatic carbocycles. The molecule has 1 heteroatoms. The Morgan fingerprint density at radius 1 is 0.900 bits per heavy atom. The van der Waals surface area contributed by atoms with Crippen LogP contribution in [0.25, 0.3) is 11.1 Å². The molecule has 0 aliphatic rings. The lowest BCUT2D eigenvalue weighted by molar-refractivity contribution is 0.506. The van der Waals surface area contributed by atoms with E-state index in [1.165, 1.54) is 22.3 Å². The minimum atomic E-state index is 0.0942. The summed E-state index contributed by atoms with van der Waals surface area (Å²) in [5.41, 5.74) is 11.2. The second-order valence-electron chi connectivity index (χ2n) is 6.23. The van der Waals surface area contributed by atoms with Crippen molar-refractivity contribution in [1.29, 1.82) is 0 Å². The Kier molecular flexibility index (Phi) is 4.29. The standard InChI is InChI=1S/C19H25N/c1-5-19(3,4)18-12-10-17(11-13-18)16-8-6-15(7-9-16)14(2)20/h6-14H,5,20H2,1-4H3. The number of nitrogens with two attached hydrogens (primary N) is 1. The zero-order chi connectivity index (χ0) is 14.8. The first-order valence-electron chi connectivity index (χ1n) is 7.40.